The smallest absolute Gasteiger partial charge is 0.327 e. The SMILES string of the molecule is COCCCNC[C@H]1O[C@@H](N2C=CC(N)N(C)C2=O)C(F)(F)[C@@H]1O. The van der Waals surface area contributed by atoms with E-state index in [9.17, 15) is 18.7 Å². The normalized spacial score (nSPS) is 32.7. The summed E-state index contributed by atoms with van der Waals surface area (Å²) in [4.78, 5) is 14.0. The van der Waals surface area contributed by atoms with Crippen LogP contribution in [-0.2, 0) is 9.47 Å². The number of nitrogens with one attached hydrogen (secondary N) is 1. The van der Waals surface area contributed by atoms with Crippen molar-refractivity contribution in [2.24, 2.45) is 5.73 Å². The molecular formula is C14H24F2N4O4. The van der Waals surface area contributed by atoms with Crippen LogP contribution in [0.15, 0.2) is 12.3 Å². The number of nitrogens with zero attached hydrogens (tertiary/aromatic N) is 2. The van der Waals surface area contributed by atoms with E-state index in [-0.39, 0.29) is 6.54 Å². The van der Waals surface area contributed by atoms with Crippen molar-refractivity contribution in [3.05, 3.63) is 12.3 Å². The number of methoxy groups -OCH3 is 1. The molecule has 10 heteroatoms. The van der Waals surface area contributed by atoms with Crippen LogP contribution in [0.3, 0.4) is 0 Å². The highest BCUT2D eigenvalue weighted by Gasteiger charge is 2.61. The Hall–Kier alpha value is -1.33. The number of alkyl halides is 2. The molecule has 2 aliphatic rings. The van der Waals surface area contributed by atoms with E-state index in [4.69, 9.17) is 15.2 Å². The molecule has 1 saturated heterocycles. The zero-order valence-corrected chi connectivity index (χ0v) is 13.7. The van der Waals surface area contributed by atoms with Gasteiger partial charge in [-0.2, -0.15) is 8.78 Å². The van der Waals surface area contributed by atoms with Crippen molar-refractivity contribution in [1.82, 2.24) is 15.1 Å². The van der Waals surface area contributed by atoms with E-state index >= 15 is 0 Å². The predicted octanol–water partition coefficient (Wildman–Crippen LogP) is -0.500. The molecule has 2 rings (SSSR count). The summed E-state index contributed by atoms with van der Waals surface area (Å²) in [5.74, 6) is -3.60. The monoisotopic (exact) mass is 350 g/mol. The van der Waals surface area contributed by atoms with Gasteiger partial charge >= 0.3 is 12.0 Å². The number of nitrogens with two attached hydrogens (primary N) is 1. The summed E-state index contributed by atoms with van der Waals surface area (Å²) in [6, 6.07) is -0.712. The number of ether oxygens (including phenoxy) is 2. The van der Waals surface area contributed by atoms with Crippen molar-refractivity contribution >= 4 is 6.03 Å². The van der Waals surface area contributed by atoms with Gasteiger partial charge in [-0.25, -0.2) is 4.79 Å². The molecule has 4 N–H and O–H groups in total. The highest BCUT2D eigenvalue weighted by atomic mass is 19.3. The van der Waals surface area contributed by atoms with Gasteiger partial charge in [0.25, 0.3) is 0 Å². The number of aliphatic hydroxyl groups is 1. The van der Waals surface area contributed by atoms with Crippen molar-refractivity contribution in [3.8, 4) is 0 Å². The van der Waals surface area contributed by atoms with Gasteiger partial charge in [-0.15, -0.1) is 0 Å². The molecule has 4 atom stereocenters. The van der Waals surface area contributed by atoms with Gasteiger partial charge in [0, 0.05) is 33.5 Å². The fraction of sp³-hybridized carbons (Fsp3) is 0.786. The average molecular weight is 350 g/mol. The Kier molecular flexibility index (Phi) is 6.10. The van der Waals surface area contributed by atoms with E-state index in [2.05, 4.69) is 5.32 Å². The van der Waals surface area contributed by atoms with Crippen LogP contribution in [0.4, 0.5) is 13.6 Å². The standard InChI is InChI=1S/C14H24F2N4O4/c1-19-10(17)4-6-20(13(19)22)12-14(15,16)11(21)9(24-12)8-18-5-3-7-23-2/h4,6,9-12,18,21H,3,5,7-8,17H2,1-2H3/t9-,10?,11-,12-/m1/s1. The molecule has 0 bridgehead atoms. The second-order valence-electron chi connectivity index (χ2n) is 5.83. The quantitative estimate of drug-likeness (QED) is 0.535. The first-order valence-electron chi connectivity index (χ1n) is 7.70. The Morgan fingerprint density at radius 3 is 2.92 bits per heavy atom. The number of amides is 2. The molecular weight excluding hydrogens is 326 g/mol. The van der Waals surface area contributed by atoms with Crippen molar-refractivity contribution in [2.75, 3.05) is 33.9 Å². The highest BCUT2D eigenvalue weighted by molar-refractivity contribution is 5.77. The Bertz CT molecular complexity index is 480. The van der Waals surface area contributed by atoms with E-state index in [0.29, 0.717) is 19.6 Å². The zero-order chi connectivity index (χ0) is 17.9. The largest absolute Gasteiger partial charge is 0.385 e. The third-order valence-electron chi connectivity index (χ3n) is 4.09. The molecule has 0 spiro atoms. The summed E-state index contributed by atoms with van der Waals surface area (Å²) in [6.07, 6.45) is -2.43. The van der Waals surface area contributed by atoms with Crippen LogP contribution in [0.5, 0.6) is 0 Å². The molecule has 0 aromatic carbocycles. The molecule has 0 radical (unpaired) electrons. The van der Waals surface area contributed by atoms with Crippen molar-refractivity contribution in [1.29, 1.82) is 0 Å². The van der Waals surface area contributed by atoms with Gasteiger partial charge in [0.2, 0.25) is 6.23 Å². The zero-order valence-electron chi connectivity index (χ0n) is 13.7. The second kappa shape index (κ2) is 7.70. The lowest BCUT2D eigenvalue weighted by atomic mass is 10.1. The van der Waals surface area contributed by atoms with Gasteiger partial charge in [-0.3, -0.25) is 4.90 Å². The van der Waals surface area contributed by atoms with Gasteiger partial charge in [-0.1, -0.05) is 0 Å². The first kappa shape index (κ1) is 19.0. The third-order valence-corrected chi connectivity index (χ3v) is 4.09. The van der Waals surface area contributed by atoms with Crippen LogP contribution in [0.2, 0.25) is 0 Å². The van der Waals surface area contributed by atoms with Crippen LogP contribution in [0, 0.1) is 0 Å². The Balaban J connectivity index is 2.01. The summed E-state index contributed by atoms with van der Waals surface area (Å²) in [5, 5.41) is 12.8. The van der Waals surface area contributed by atoms with Crippen LogP contribution in [0.25, 0.3) is 0 Å². The number of hydrogen-bond donors (Lipinski definition) is 3. The van der Waals surface area contributed by atoms with E-state index in [1.807, 2.05) is 0 Å². The maximum atomic E-state index is 14.4. The highest BCUT2D eigenvalue weighted by Crippen LogP contribution is 2.38. The lowest BCUT2D eigenvalue weighted by molar-refractivity contribution is -0.147. The fourth-order valence-electron chi connectivity index (χ4n) is 2.58. The minimum Gasteiger partial charge on any atom is -0.385 e. The molecule has 0 saturated carbocycles. The van der Waals surface area contributed by atoms with Gasteiger partial charge in [0.05, 0.1) is 0 Å². The van der Waals surface area contributed by atoms with Crippen LogP contribution in [-0.4, -0.2) is 85.3 Å². The van der Waals surface area contributed by atoms with Gasteiger partial charge < -0.3 is 30.5 Å². The van der Waals surface area contributed by atoms with Crippen molar-refractivity contribution in [2.45, 2.75) is 36.9 Å². The minimum atomic E-state index is -3.60. The van der Waals surface area contributed by atoms with Gasteiger partial charge in [0.1, 0.15) is 18.4 Å². The lowest BCUT2D eigenvalue weighted by Crippen LogP contribution is -2.57. The van der Waals surface area contributed by atoms with E-state index in [1.54, 1.807) is 7.11 Å². The maximum absolute atomic E-state index is 14.4. The van der Waals surface area contributed by atoms with E-state index in [0.717, 1.165) is 9.80 Å². The predicted molar refractivity (Wildman–Crippen MR) is 81.1 cm³/mol. The van der Waals surface area contributed by atoms with Crippen molar-refractivity contribution < 1.29 is 28.2 Å². The summed E-state index contributed by atoms with van der Waals surface area (Å²) >= 11 is 0. The summed E-state index contributed by atoms with van der Waals surface area (Å²) in [5.41, 5.74) is 5.65. The minimum absolute atomic E-state index is 0.0398. The molecule has 0 aromatic heterocycles. The van der Waals surface area contributed by atoms with Gasteiger partial charge in [-0.05, 0) is 19.0 Å². The molecule has 0 aliphatic carbocycles. The Morgan fingerprint density at radius 1 is 1.54 bits per heavy atom. The first-order chi connectivity index (χ1) is 11.3. The fourth-order valence-corrected chi connectivity index (χ4v) is 2.58. The summed E-state index contributed by atoms with van der Waals surface area (Å²) < 4.78 is 38.9. The number of likely N-dealkylation sites (N-methyl/N-ethyl adjacent to an activating group) is 1. The second-order valence-corrected chi connectivity index (χ2v) is 5.83. The average Bonchev–Trinajstić information content (AvgIpc) is 2.76. The number of hydrogen-bond acceptors (Lipinski definition) is 6. The summed E-state index contributed by atoms with van der Waals surface area (Å²) in [7, 11) is 2.98. The van der Waals surface area contributed by atoms with E-state index in [1.165, 1.54) is 19.3 Å². The molecule has 1 fully saturated rings. The maximum Gasteiger partial charge on any atom is 0.327 e. The first-order valence-corrected chi connectivity index (χ1v) is 7.70. The molecule has 2 heterocycles. The summed E-state index contributed by atoms with van der Waals surface area (Å²) in [6.45, 7) is 1.12. The molecule has 1 unspecified atom stereocenters. The number of carbonyl (C=O) groups is 1. The number of carbonyl (C=O) groups excluding carboxylic acids is 1. The molecule has 24 heavy (non-hydrogen) atoms. The number of rotatable bonds is 7. The number of halogens is 2. The van der Waals surface area contributed by atoms with Crippen molar-refractivity contribution in [3.63, 3.8) is 0 Å². The molecule has 0 aromatic rings. The Morgan fingerprint density at radius 2 is 2.25 bits per heavy atom. The molecule has 2 amide bonds. The van der Waals surface area contributed by atoms with Crippen LogP contribution >= 0.6 is 0 Å². The molecule has 8 nitrogen and oxygen atoms in total. The molecule has 138 valence electrons. The van der Waals surface area contributed by atoms with Crippen LogP contribution in [0.1, 0.15) is 6.42 Å². The Labute approximate surface area is 139 Å². The lowest BCUT2D eigenvalue weighted by Gasteiger charge is -2.37. The number of aliphatic hydroxyl groups excluding tert-OH is 1. The van der Waals surface area contributed by atoms with E-state index < -0.39 is 36.6 Å². The third kappa shape index (κ3) is 3.67. The molecule has 2 aliphatic heterocycles. The van der Waals surface area contributed by atoms with Crippen LogP contribution < -0.4 is 11.1 Å². The number of urea groups is 1. The van der Waals surface area contributed by atoms with Gasteiger partial charge in [0.15, 0.2) is 0 Å². The topological polar surface area (TPSA) is 100 Å².